The third kappa shape index (κ3) is 3.83. The van der Waals surface area contributed by atoms with E-state index in [1.807, 2.05) is 48.5 Å². The van der Waals surface area contributed by atoms with Crippen LogP contribution in [0.25, 0.3) is 27.7 Å². The number of nitrogens with one attached hydrogen (secondary N) is 1. The lowest BCUT2D eigenvalue weighted by Gasteiger charge is -2.34. The number of aliphatic carboxylic acids is 1. The Bertz CT molecular complexity index is 1470. The second-order valence-corrected chi connectivity index (χ2v) is 9.24. The molecule has 0 bridgehead atoms. The summed E-state index contributed by atoms with van der Waals surface area (Å²) in [5.74, 6) is -1.11. The number of carbonyl (C=O) groups is 2. The van der Waals surface area contributed by atoms with Gasteiger partial charge in [-0.15, -0.1) is 0 Å². The molecule has 2 N–H and O–H groups in total. The van der Waals surface area contributed by atoms with E-state index in [0.717, 1.165) is 11.1 Å². The van der Waals surface area contributed by atoms with E-state index in [0.29, 0.717) is 47.8 Å². The Labute approximate surface area is 196 Å². The van der Waals surface area contributed by atoms with Gasteiger partial charge in [0, 0.05) is 12.2 Å². The van der Waals surface area contributed by atoms with Gasteiger partial charge in [-0.1, -0.05) is 36.4 Å². The van der Waals surface area contributed by atoms with Crippen LogP contribution >= 0.6 is 0 Å². The van der Waals surface area contributed by atoms with Gasteiger partial charge < -0.3 is 10.4 Å². The second-order valence-electron chi connectivity index (χ2n) is 9.24. The number of hydrogen-bond acceptors (Lipinski definition) is 4. The smallest absolute Gasteiger partial charge is 0.309 e. The second kappa shape index (κ2) is 8.41. The van der Waals surface area contributed by atoms with Crippen LogP contribution in [0.4, 0.5) is 0 Å². The van der Waals surface area contributed by atoms with E-state index in [1.165, 1.54) is 4.40 Å². The van der Waals surface area contributed by atoms with Gasteiger partial charge in [0.15, 0.2) is 5.65 Å². The molecule has 1 aliphatic rings. The summed E-state index contributed by atoms with van der Waals surface area (Å²) in [7, 11) is 0. The van der Waals surface area contributed by atoms with E-state index in [-0.39, 0.29) is 17.5 Å². The van der Waals surface area contributed by atoms with E-state index in [9.17, 15) is 19.5 Å². The number of carbonyl (C=O) groups excluding carboxylic acids is 1. The molecule has 7 nitrogen and oxygen atoms in total. The first-order valence-corrected chi connectivity index (χ1v) is 11.4. The molecule has 172 valence electrons. The van der Waals surface area contributed by atoms with Crippen molar-refractivity contribution in [2.24, 2.45) is 5.41 Å². The number of carboxylic acid groups (broad SMARTS) is 1. The zero-order valence-electron chi connectivity index (χ0n) is 18.8. The Morgan fingerprint density at radius 3 is 2.47 bits per heavy atom. The number of fused-ring (bicyclic) bond motifs is 2. The van der Waals surface area contributed by atoms with Crippen LogP contribution in [0.5, 0.6) is 0 Å². The van der Waals surface area contributed by atoms with Crippen molar-refractivity contribution < 1.29 is 14.7 Å². The van der Waals surface area contributed by atoms with Crippen LogP contribution in [0, 0.1) is 5.41 Å². The van der Waals surface area contributed by atoms with E-state index in [4.69, 9.17) is 0 Å². The van der Waals surface area contributed by atoms with Crippen molar-refractivity contribution in [2.75, 3.05) is 0 Å². The van der Waals surface area contributed by atoms with Gasteiger partial charge in [-0.25, -0.2) is 4.98 Å². The molecular weight excluding hydrogens is 430 g/mol. The van der Waals surface area contributed by atoms with E-state index >= 15 is 0 Å². The van der Waals surface area contributed by atoms with Crippen LogP contribution in [0.1, 0.15) is 43.0 Å². The van der Waals surface area contributed by atoms with Gasteiger partial charge in [0.25, 0.3) is 11.5 Å². The minimum atomic E-state index is -0.794. The van der Waals surface area contributed by atoms with Gasteiger partial charge in [-0.05, 0) is 68.0 Å². The van der Waals surface area contributed by atoms with Crippen molar-refractivity contribution in [1.29, 1.82) is 0 Å². The Hall–Kier alpha value is -4.00. The lowest BCUT2D eigenvalue weighted by molar-refractivity contribution is -0.149. The Balaban J connectivity index is 1.47. The molecule has 2 heterocycles. The molecule has 1 aliphatic carbocycles. The number of carboxylic acids is 1. The lowest BCUT2D eigenvalue weighted by atomic mass is 9.74. The van der Waals surface area contributed by atoms with Crippen molar-refractivity contribution in [2.45, 2.75) is 38.6 Å². The summed E-state index contributed by atoms with van der Waals surface area (Å²) in [5, 5.41) is 12.9. The summed E-state index contributed by atoms with van der Waals surface area (Å²) >= 11 is 0. The number of rotatable bonds is 4. The molecule has 0 atom stereocenters. The van der Waals surface area contributed by atoms with E-state index in [2.05, 4.69) is 10.3 Å². The minimum Gasteiger partial charge on any atom is -0.481 e. The Kier molecular flexibility index (Phi) is 5.40. The average molecular weight is 456 g/mol. The van der Waals surface area contributed by atoms with Crippen molar-refractivity contribution >= 4 is 28.4 Å². The molecule has 0 saturated heterocycles. The SMILES string of the molecule is CC1(C(=O)O)CCC(NC(=O)c2cccn3c(=O)c4cc(-c5ccccc5)ccc4nc23)CC1. The largest absolute Gasteiger partial charge is 0.481 e. The summed E-state index contributed by atoms with van der Waals surface area (Å²) < 4.78 is 1.41. The quantitative estimate of drug-likeness (QED) is 0.448. The molecule has 7 heteroatoms. The molecule has 4 aromatic rings. The molecule has 0 unspecified atom stereocenters. The third-order valence-corrected chi connectivity index (χ3v) is 6.93. The van der Waals surface area contributed by atoms with Gasteiger partial charge in [0.05, 0.1) is 21.9 Å². The van der Waals surface area contributed by atoms with Crippen LogP contribution in [0.3, 0.4) is 0 Å². The summed E-state index contributed by atoms with van der Waals surface area (Å²) in [6.45, 7) is 1.75. The molecule has 5 rings (SSSR count). The van der Waals surface area contributed by atoms with Gasteiger partial charge in [-0.3, -0.25) is 18.8 Å². The fourth-order valence-electron chi connectivity index (χ4n) is 4.69. The number of nitrogens with zero attached hydrogens (tertiary/aromatic N) is 2. The first kappa shape index (κ1) is 21.8. The number of benzene rings is 2. The molecule has 1 fully saturated rings. The molecule has 2 aromatic carbocycles. The monoisotopic (exact) mass is 455 g/mol. The van der Waals surface area contributed by atoms with Crippen molar-refractivity contribution in [3.8, 4) is 11.1 Å². The average Bonchev–Trinajstić information content (AvgIpc) is 2.85. The Morgan fingerprint density at radius 1 is 1.03 bits per heavy atom. The predicted octanol–water partition coefficient (Wildman–Crippen LogP) is 4.28. The summed E-state index contributed by atoms with van der Waals surface area (Å²) in [6.07, 6.45) is 3.83. The fourth-order valence-corrected chi connectivity index (χ4v) is 4.69. The summed E-state index contributed by atoms with van der Waals surface area (Å²) in [4.78, 5) is 42.6. The van der Waals surface area contributed by atoms with Gasteiger partial charge >= 0.3 is 5.97 Å². The van der Waals surface area contributed by atoms with Crippen LogP contribution in [0.2, 0.25) is 0 Å². The molecule has 0 radical (unpaired) electrons. The first-order chi connectivity index (χ1) is 16.4. The molecule has 34 heavy (non-hydrogen) atoms. The first-order valence-electron chi connectivity index (χ1n) is 11.4. The highest BCUT2D eigenvalue weighted by Gasteiger charge is 2.38. The van der Waals surface area contributed by atoms with Crippen LogP contribution in [0.15, 0.2) is 71.7 Å². The molecule has 0 spiro atoms. The van der Waals surface area contributed by atoms with Gasteiger partial charge in [0.2, 0.25) is 0 Å². The highest BCUT2D eigenvalue weighted by Crippen LogP contribution is 2.36. The lowest BCUT2D eigenvalue weighted by Crippen LogP contribution is -2.42. The number of aromatic nitrogens is 2. The third-order valence-electron chi connectivity index (χ3n) is 6.93. The molecule has 1 amide bonds. The normalized spacial score (nSPS) is 20.3. The maximum absolute atomic E-state index is 13.3. The van der Waals surface area contributed by atoms with Gasteiger partial charge in [-0.2, -0.15) is 0 Å². The maximum Gasteiger partial charge on any atom is 0.309 e. The highest BCUT2D eigenvalue weighted by atomic mass is 16.4. The fraction of sp³-hybridized carbons (Fsp3) is 0.259. The zero-order valence-corrected chi connectivity index (χ0v) is 18.8. The molecule has 0 aliphatic heterocycles. The van der Waals surface area contributed by atoms with Gasteiger partial charge in [0.1, 0.15) is 0 Å². The van der Waals surface area contributed by atoms with Crippen molar-refractivity contribution in [1.82, 2.24) is 14.7 Å². The standard InChI is InChI=1S/C27H25N3O4/c1-27(26(33)34)13-11-19(12-14-27)28-24(31)20-8-5-15-30-23(20)29-22-10-9-18(16-21(22)25(30)32)17-6-3-2-4-7-17/h2-10,15-16,19H,11-14H2,1H3,(H,28,31)(H,33,34). The number of amides is 1. The zero-order chi connectivity index (χ0) is 23.9. The number of pyridine rings is 1. The molecular formula is C27H25N3O4. The molecule has 2 aromatic heterocycles. The maximum atomic E-state index is 13.3. The number of hydrogen-bond donors (Lipinski definition) is 2. The van der Waals surface area contributed by atoms with Crippen molar-refractivity contribution in [3.63, 3.8) is 0 Å². The minimum absolute atomic E-state index is 0.110. The Morgan fingerprint density at radius 2 is 1.76 bits per heavy atom. The highest BCUT2D eigenvalue weighted by molar-refractivity contribution is 6.01. The van der Waals surface area contributed by atoms with E-state index in [1.54, 1.807) is 25.3 Å². The van der Waals surface area contributed by atoms with E-state index < -0.39 is 11.4 Å². The molecule has 1 saturated carbocycles. The van der Waals surface area contributed by atoms with Crippen LogP contribution in [-0.4, -0.2) is 32.4 Å². The van der Waals surface area contributed by atoms with Crippen LogP contribution in [-0.2, 0) is 4.79 Å². The van der Waals surface area contributed by atoms with Crippen LogP contribution < -0.4 is 10.9 Å². The topological polar surface area (TPSA) is 101 Å². The van der Waals surface area contributed by atoms with Crippen molar-refractivity contribution in [3.05, 3.63) is 82.8 Å². The summed E-state index contributed by atoms with van der Waals surface area (Å²) in [6, 6.07) is 18.6. The summed E-state index contributed by atoms with van der Waals surface area (Å²) in [5.41, 5.74) is 2.10. The predicted molar refractivity (Wildman–Crippen MR) is 130 cm³/mol.